The molecule has 0 aliphatic carbocycles. The zero-order chi connectivity index (χ0) is 23.7. The number of aliphatic hydroxyl groups is 1. The van der Waals surface area contributed by atoms with Crippen LogP contribution in [0.25, 0.3) is 11.2 Å². The number of nitrogens with zero attached hydrogens (tertiary/aromatic N) is 5. The van der Waals surface area contributed by atoms with E-state index in [0.29, 0.717) is 21.5 Å². The quantitative estimate of drug-likeness (QED) is 0.427. The number of hydrogen-bond donors (Lipinski definition) is 1. The molecular formula is C22H21Cl2N5O4. The maximum absolute atomic E-state index is 13.4. The van der Waals surface area contributed by atoms with Crippen LogP contribution < -0.4 is 16.0 Å². The van der Waals surface area contributed by atoms with Gasteiger partial charge in [-0.3, -0.25) is 23.5 Å². The Bertz CT molecular complexity index is 1440. The summed E-state index contributed by atoms with van der Waals surface area (Å²) in [5.41, 5.74) is 0.748. The topological polar surface area (TPSA) is 104 Å². The molecule has 172 valence electrons. The summed E-state index contributed by atoms with van der Waals surface area (Å²) in [4.78, 5) is 34.7. The highest BCUT2D eigenvalue weighted by molar-refractivity contribution is 6.32. The molecule has 0 aliphatic heterocycles. The fraction of sp³-hybridized carbons (Fsp3) is 0.273. The summed E-state index contributed by atoms with van der Waals surface area (Å²) in [5.74, 6) is 0.322. The molecule has 0 atom stereocenters. The number of benzene rings is 1. The van der Waals surface area contributed by atoms with E-state index in [0.717, 1.165) is 10.1 Å². The van der Waals surface area contributed by atoms with Crippen molar-refractivity contribution in [3.8, 4) is 11.8 Å². The average Bonchev–Trinajstić information content (AvgIpc) is 3.15. The van der Waals surface area contributed by atoms with Gasteiger partial charge in [-0.1, -0.05) is 35.3 Å². The fourth-order valence-corrected chi connectivity index (χ4v) is 3.75. The largest absolute Gasteiger partial charge is 0.424 e. The second-order valence-corrected chi connectivity index (χ2v) is 8.28. The molecule has 33 heavy (non-hydrogen) atoms. The van der Waals surface area contributed by atoms with Crippen molar-refractivity contribution in [2.75, 3.05) is 6.61 Å². The minimum absolute atomic E-state index is 0.0790. The number of ether oxygens (including phenoxy) is 1. The number of imidazole rings is 1. The number of rotatable bonds is 7. The van der Waals surface area contributed by atoms with E-state index in [4.69, 9.17) is 27.9 Å². The third-order valence-corrected chi connectivity index (χ3v) is 5.93. The Labute approximate surface area is 198 Å². The molecule has 1 N–H and O–H groups in total. The van der Waals surface area contributed by atoms with Gasteiger partial charge in [0.1, 0.15) is 5.02 Å². The van der Waals surface area contributed by atoms with Gasteiger partial charge in [0, 0.05) is 37.5 Å². The van der Waals surface area contributed by atoms with Crippen LogP contribution in [0.5, 0.6) is 11.8 Å². The number of aliphatic hydroxyl groups excluding tert-OH is 1. The van der Waals surface area contributed by atoms with Crippen LogP contribution in [0.3, 0.4) is 0 Å². The first-order valence-electron chi connectivity index (χ1n) is 10.2. The zero-order valence-corrected chi connectivity index (χ0v) is 19.5. The third-order valence-electron chi connectivity index (χ3n) is 5.22. The number of fused-ring (bicyclic) bond motifs is 1. The highest BCUT2D eigenvalue weighted by atomic mass is 35.5. The molecule has 0 unspecified atom stereocenters. The van der Waals surface area contributed by atoms with Crippen LogP contribution in [0.2, 0.25) is 10.0 Å². The van der Waals surface area contributed by atoms with E-state index in [1.54, 1.807) is 35.9 Å². The molecule has 0 fully saturated rings. The Balaban J connectivity index is 1.95. The van der Waals surface area contributed by atoms with Gasteiger partial charge in [-0.25, -0.2) is 4.79 Å². The van der Waals surface area contributed by atoms with Crippen molar-refractivity contribution in [1.29, 1.82) is 0 Å². The van der Waals surface area contributed by atoms with Gasteiger partial charge in [-0.2, -0.15) is 4.98 Å². The van der Waals surface area contributed by atoms with Crippen molar-refractivity contribution in [3.05, 3.63) is 78.7 Å². The minimum atomic E-state index is -0.526. The van der Waals surface area contributed by atoms with Crippen molar-refractivity contribution >= 4 is 34.4 Å². The molecule has 0 aliphatic rings. The molecule has 4 rings (SSSR count). The predicted octanol–water partition coefficient (Wildman–Crippen LogP) is 3.13. The molecular weight excluding hydrogens is 469 g/mol. The first-order chi connectivity index (χ1) is 15.8. The monoisotopic (exact) mass is 489 g/mol. The van der Waals surface area contributed by atoms with E-state index < -0.39 is 11.2 Å². The van der Waals surface area contributed by atoms with Gasteiger partial charge in [0.05, 0.1) is 12.2 Å². The van der Waals surface area contributed by atoms with Crippen LogP contribution >= 0.6 is 23.2 Å². The van der Waals surface area contributed by atoms with Gasteiger partial charge in [-0.05, 0) is 31.0 Å². The Morgan fingerprint density at radius 1 is 1.09 bits per heavy atom. The van der Waals surface area contributed by atoms with E-state index >= 15 is 0 Å². The molecule has 4 aromatic rings. The van der Waals surface area contributed by atoms with Crippen molar-refractivity contribution in [2.24, 2.45) is 7.05 Å². The van der Waals surface area contributed by atoms with Crippen LogP contribution in [0.4, 0.5) is 0 Å². The Morgan fingerprint density at radius 3 is 2.52 bits per heavy atom. The number of aromatic nitrogens is 5. The lowest BCUT2D eigenvalue weighted by molar-refractivity contribution is 0.277. The molecule has 11 heteroatoms. The van der Waals surface area contributed by atoms with Gasteiger partial charge < -0.3 is 9.84 Å². The highest BCUT2D eigenvalue weighted by Gasteiger charge is 2.22. The Morgan fingerprint density at radius 2 is 1.82 bits per heavy atom. The second kappa shape index (κ2) is 9.38. The van der Waals surface area contributed by atoms with Crippen LogP contribution in [0, 0.1) is 6.92 Å². The van der Waals surface area contributed by atoms with E-state index in [9.17, 15) is 14.7 Å². The smallest absolute Gasteiger partial charge is 0.332 e. The summed E-state index contributed by atoms with van der Waals surface area (Å²) in [6.45, 7) is 1.91. The van der Waals surface area contributed by atoms with Gasteiger partial charge in [0.2, 0.25) is 0 Å². The second-order valence-electron chi connectivity index (χ2n) is 7.47. The van der Waals surface area contributed by atoms with Gasteiger partial charge in [-0.15, -0.1) is 0 Å². The molecule has 0 radical (unpaired) electrons. The molecule has 0 saturated carbocycles. The summed E-state index contributed by atoms with van der Waals surface area (Å²) in [5, 5.41) is 10.1. The van der Waals surface area contributed by atoms with Crippen molar-refractivity contribution in [3.63, 3.8) is 0 Å². The van der Waals surface area contributed by atoms with Gasteiger partial charge in [0.25, 0.3) is 5.56 Å². The van der Waals surface area contributed by atoms with E-state index in [1.807, 2.05) is 12.1 Å². The highest BCUT2D eigenvalue weighted by Crippen LogP contribution is 2.31. The Hall–Kier alpha value is -3.14. The van der Waals surface area contributed by atoms with Crippen molar-refractivity contribution < 1.29 is 9.84 Å². The molecule has 0 saturated heterocycles. The summed E-state index contributed by atoms with van der Waals surface area (Å²) < 4.78 is 10.0. The lowest BCUT2D eigenvalue weighted by Gasteiger charge is -2.12. The van der Waals surface area contributed by atoms with E-state index in [1.165, 1.54) is 11.6 Å². The molecule has 0 spiro atoms. The number of halogens is 2. The third kappa shape index (κ3) is 4.39. The summed E-state index contributed by atoms with van der Waals surface area (Å²) >= 11 is 12.4. The van der Waals surface area contributed by atoms with E-state index in [2.05, 4.69) is 9.97 Å². The number of pyridine rings is 1. The molecule has 0 amide bonds. The fourth-order valence-electron chi connectivity index (χ4n) is 3.48. The molecule has 9 nitrogen and oxygen atoms in total. The predicted molar refractivity (Wildman–Crippen MR) is 126 cm³/mol. The summed E-state index contributed by atoms with van der Waals surface area (Å²) in [7, 11) is 1.53. The maximum Gasteiger partial charge on any atom is 0.332 e. The molecule has 3 aromatic heterocycles. The zero-order valence-electron chi connectivity index (χ0n) is 18.0. The van der Waals surface area contributed by atoms with Gasteiger partial charge in [0.15, 0.2) is 16.9 Å². The van der Waals surface area contributed by atoms with Crippen LogP contribution in [0.1, 0.15) is 17.7 Å². The number of aryl methyl sites for hydroxylation is 2. The molecule has 0 bridgehead atoms. The van der Waals surface area contributed by atoms with E-state index in [-0.39, 0.29) is 43.3 Å². The SMILES string of the molecule is Cc1nccc(Oc2nc3c(c(=O)n(CCCO)c(=O)n3C)n2Cc2ccc(Cl)cc2)c1Cl. The normalized spacial score (nSPS) is 11.3. The summed E-state index contributed by atoms with van der Waals surface area (Å²) in [6.07, 6.45) is 1.82. The standard InChI is InChI=1S/C22H21Cl2N5O4/c1-13-17(24)16(8-9-25-13)33-21-26-19-18(29(21)12-14-4-6-15(23)7-5-14)20(31)28(10-3-11-30)22(32)27(19)2/h4-9,30H,3,10-12H2,1-2H3. The lowest BCUT2D eigenvalue weighted by atomic mass is 10.2. The van der Waals surface area contributed by atoms with Crippen LogP contribution in [-0.2, 0) is 20.1 Å². The van der Waals surface area contributed by atoms with Crippen LogP contribution in [0.15, 0.2) is 46.1 Å². The average molecular weight is 490 g/mol. The number of hydrogen-bond acceptors (Lipinski definition) is 6. The van der Waals surface area contributed by atoms with Gasteiger partial charge >= 0.3 is 11.7 Å². The van der Waals surface area contributed by atoms with Crippen LogP contribution in [-0.4, -0.2) is 35.4 Å². The molecule has 1 aromatic carbocycles. The van der Waals surface area contributed by atoms with Crippen molar-refractivity contribution in [2.45, 2.75) is 26.4 Å². The Kier molecular flexibility index (Phi) is 6.55. The lowest BCUT2D eigenvalue weighted by Crippen LogP contribution is -2.39. The minimum Gasteiger partial charge on any atom is -0.424 e. The molecule has 3 heterocycles. The maximum atomic E-state index is 13.4. The first kappa shape index (κ1) is 23.0. The summed E-state index contributed by atoms with van der Waals surface area (Å²) in [6, 6.07) is 8.84. The van der Waals surface area contributed by atoms with Crippen molar-refractivity contribution in [1.82, 2.24) is 23.7 Å². The first-order valence-corrected chi connectivity index (χ1v) is 10.9.